The van der Waals surface area contributed by atoms with Gasteiger partial charge < -0.3 is 10.6 Å². The minimum atomic E-state index is -0.178. The second-order valence-electron chi connectivity index (χ2n) is 4.04. The van der Waals surface area contributed by atoms with Crippen molar-refractivity contribution in [3.05, 3.63) is 47.2 Å². The first-order valence-corrected chi connectivity index (χ1v) is 5.31. The van der Waals surface area contributed by atoms with Gasteiger partial charge in [0, 0.05) is 12.7 Å². The average Bonchev–Trinajstić information content (AvgIpc) is 2.23. The minimum Gasteiger partial charge on any atom is -0.334 e. The van der Waals surface area contributed by atoms with Gasteiger partial charge in [-0.3, -0.25) is 0 Å². The van der Waals surface area contributed by atoms with Crippen molar-refractivity contribution < 1.29 is 4.79 Å². The second kappa shape index (κ2) is 5.95. The summed E-state index contributed by atoms with van der Waals surface area (Å²) < 4.78 is 0. The Hall–Kier alpha value is -1.77. The van der Waals surface area contributed by atoms with E-state index in [0.717, 1.165) is 11.1 Å². The van der Waals surface area contributed by atoms with Crippen molar-refractivity contribution in [1.29, 1.82) is 0 Å². The first-order valence-electron chi connectivity index (χ1n) is 5.31. The molecule has 3 heteroatoms. The summed E-state index contributed by atoms with van der Waals surface area (Å²) in [6, 6.07) is 7.89. The molecule has 0 unspecified atom stereocenters. The quantitative estimate of drug-likeness (QED) is 0.804. The van der Waals surface area contributed by atoms with Crippen LogP contribution in [0.15, 0.2) is 36.0 Å². The summed E-state index contributed by atoms with van der Waals surface area (Å²) in [6.45, 7) is 6.44. The molecule has 0 spiro atoms. The summed E-state index contributed by atoms with van der Waals surface area (Å²) >= 11 is 0. The molecule has 0 aliphatic rings. The normalized spacial score (nSPS) is 9.44. The number of urea groups is 1. The molecule has 0 aliphatic heterocycles. The van der Waals surface area contributed by atoms with Gasteiger partial charge in [0.1, 0.15) is 0 Å². The molecule has 86 valence electrons. The molecule has 1 aromatic carbocycles. The summed E-state index contributed by atoms with van der Waals surface area (Å²) in [7, 11) is 0. The van der Waals surface area contributed by atoms with E-state index < -0.39 is 0 Å². The number of carbonyl (C=O) groups is 1. The van der Waals surface area contributed by atoms with E-state index in [1.165, 1.54) is 5.56 Å². The monoisotopic (exact) mass is 218 g/mol. The Bertz CT molecular complexity index is 393. The van der Waals surface area contributed by atoms with Gasteiger partial charge in [0.05, 0.1) is 0 Å². The van der Waals surface area contributed by atoms with E-state index in [9.17, 15) is 4.79 Å². The number of allylic oxidation sites excluding steroid dienone is 1. The van der Waals surface area contributed by atoms with Gasteiger partial charge in [-0.1, -0.05) is 35.4 Å². The Kier molecular flexibility index (Phi) is 4.58. The van der Waals surface area contributed by atoms with Crippen molar-refractivity contribution >= 4 is 6.03 Å². The van der Waals surface area contributed by atoms with E-state index in [1.807, 2.05) is 39.0 Å². The van der Waals surface area contributed by atoms with Crippen molar-refractivity contribution in [2.24, 2.45) is 0 Å². The van der Waals surface area contributed by atoms with E-state index in [0.29, 0.717) is 6.54 Å². The molecule has 2 amide bonds. The molecule has 0 aromatic heterocycles. The molecular weight excluding hydrogens is 200 g/mol. The first-order chi connectivity index (χ1) is 7.58. The lowest BCUT2D eigenvalue weighted by atomic mass is 10.1. The molecule has 0 heterocycles. The van der Waals surface area contributed by atoms with Crippen LogP contribution in [-0.2, 0) is 6.54 Å². The minimum absolute atomic E-state index is 0.178. The van der Waals surface area contributed by atoms with Gasteiger partial charge in [-0.25, -0.2) is 4.79 Å². The molecule has 3 nitrogen and oxygen atoms in total. The maximum Gasteiger partial charge on any atom is 0.319 e. The fraction of sp³-hybridized carbons (Fsp3) is 0.308. The fourth-order valence-corrected chi connectivity index (χ4v) is 1.27. The first kappa shape index (κ1) is 12.3. The van der Waals surface area contributed by atoms with Gasteiger partial charge in [-0.05, 0) is 26.3 Å². The standard InChI is InChI=1S/C13H18N2O/c1-10(2)8-14-13(16)15-9-12-6-4-5-11(3)7-12/h4-8H,9H2,1-3H3,(H2,14,15,16). The number of carbonyl (C=O) groups excluding carboxylic acids is 1. The lowest BCUT2D eigenvalue weighted by Gasteiger charge is -2.05. The molecule has 0 bridgehead atoms. The molecule has 0 fully saturated rings. The Morgan fingerprint density at radius 3 is 2.75 bits per heavy atom. The van der Waals surface area contributed by atoms with Crippen molar-refractivity contribution in [2.75, 3.05) is 0 Å². The molecule has 0 atom stereocenters. The van der Waals surface area contributed by atoms with Crippen LogP contribution in [0.25, 0.3) is 0 Å². The van der Waals surface area contributed by atoms with Gasteiger partial charge in [0.25, 0.3) is 0 Å². The van der Waals surface area contributed by atoms with Gasteiger partial charge in [-0.2, -0.15) is 0 Å². The predicted octanol–water partition coefficient (Wildman–Crippen LogP) is 2.72. The molecule has 2 N–H and O–H groups in total. The lowest BCUT2D eigenvalue weighted by Crippen LogP contribution is -2.31. The SMILES string of the molecule is CC(C)=CNC(=O)NCc1cccc(C)c1. The van der Waals surface area contributed by atoms with Crippen molar-refractivity contribution in [1.82, 2.24) is 10.6 Å². The highest BCUT2D eigenvalue weighted by Crippen LogP contribution is 2.02. The molecule has 0 aliphatic carbocycles. The highest BCUT2D eigenvalue weighted by molar-refractivity contribution is 5.74. The fourth-order valence-electron chi connectivity index (χ4n) is 1.27. The molecule has 1 aromatic rings. The molecule has 16 heavy (non-hydrogen) atoms. The van der Waals surface area contributed by atoms with Crippen LogP contribution in [0.4, 0.5) is 4.79 Å². The number of benzene rings is 1. The van der Waals surface area contributed by atoms with E-state index in [1.54, 1.807) is 6.20 Å². The highest BCUT2D eigenvalue weighted by Gasteiger charge is 1.97. The zero-order valence-electron chi connectivity index (χ0n) is 10.0. The summed E-state index contributed by atoms with van der Waals surface area (Å²) in [4.78, 5) is 11.3. The zero-order valence-corrected chi connectivity index (χ0v) is 10.0. The molecular formula is C13H18N2O. The Balaban J connectivity index is 2.40. The van der Waals surface area contributed by atoms with E-state index in [-0.39, 0.29) is 6.03 Å². The van der Waals surface area contributed by atoms with E-state index in [4.69, 9.17) is 0 Å². The smallest absolute Gasteiger partial charge is 0.319 e. The largest absolute Gasteiger partial charge is 0.334 e. The summed E-state index contributed by atoms with van der Waals surface area (Å²) in [5.74, 6) is 0. The molecule has 0 radical (unpaired) electrons. The van der Waals surface area contributed by atoms with Crippen LogP contribution in [0.5, 0.6) is 0 Å². The maximum atomic E-state index is 11.3. The van der Waals surface area contributed by atoms with Crippen LogP contribution in [0.2, 0.25) is 0 Å². The Labute approximate surface area is 96.6 Å². The van der Waals surface area contributed by atoms with E-state index in [2.05, 4.69) is 16.7 Å². The van der Waals surface area contributed by atoms with Crippen molar-refractivity contribution in [3.8, 4) is 0 Å². The van der Waals surface area contributed by atoms with Crippen LogP contribution in [-0.4, -0.2) is 6.03 Å². The van der Waals surface area contributed by atoms with Gasteiger partial charge in [0.2, 0.25) is 0 Å². The number of hydrogen-bond acceptors (Lipinski definition) is 1. The Morgan fingerprint density at radius 2 is 2.12 bits per heavy atom. The highest BCUT2D eigenvalue weighted by atomic mass is 16.2. The van der Waals surface area contributed by atoms with Crippen LogP contribution in [0.1, 0.15) is 25.0 Å². The predicted molar refractivity (Wildman–Crippen MR) is 66.0 cm³/mol. The number of rotatable bonds is 3. The topological polar surface area (TPSA) is 41.1 Å². The van der Waals surface area contributed by atoms with Gasteiger partial charge in [-0.15, -0.1) is 0 Å². The third-order valence-electron chi connectivity index (χ3n) is 2.03. The Morgan fingerprint density at radius 1 is 1.38 bits per heavy atom. The molecule has 0 saturated carbocycles. The third-order valence-corrected chi connectivity index (χ3v) is 2.03. The summed E-state index contributed by atoms with van der Waals surface area (Å²) in [5, 5.41) is 5.44. The second-order valence-corrected chi connectivity index (χ2v) is 4.04. The number of nitrogens with one attached hydrogen (secondary N) is 2. The molecule has 0 saturated heterocycles. The van der Waals surface area contributed by atoms with Crippen LogP contribution < -0.4 is 10.6 Å². The number of aryl methyl sites for hydroxylation is 1. The van der Waals surface area contributed by atoms with Gasteiger partial charge >= 0.3 is 6.03 Å². The third kappa shape index (κ3) is 4.64. The number of hydrogen-bond donors (Lipinski definition) is 2. The lowest BCUT2D eigenvalue weighted by molar-refractivity contribution is 0.243. The zero-order chi connectivity index (χ0) is 12.0. The number of amides is 2. The van der Waals surface area contributed by atoms with Crippen molar-refractivity contribution in [2.45, 2.75) is 27.3 Å². The maximum absolute atomic E-state index is 11.3. The van der Waals surface area contributed by atoms with E-state index >= 15 is 0 Å². The summed E-state index contributed by atoms with van der Waals surface area (Å²) in [5.41, 5.74) is 3.36. The molecule has 1 rings (SSSR count). The van der Waals surface area contributed by atoms with Gasteiger partial charge in [0.15, 0.2) is 0 Å². The van der Waals surface area contributed by atoms with Crippen LogP contribution >= 0.6 is 0 Å². The van der Waals surface area contributed by atoms with Crippen LogP contribution in [0.3, 0.4) is 0 Å². The summed E-state index contributed by atoms with van der Waals surface area (Å²) in [6.07, 6.45) is 1.69. The van der Waals surface area contributed by atoms with Crippen molar-refractivity contribution in [3.63, 3.8) is 0 Å². The van der Waals surface area contributed by atoms with Crippen LogP contribution in [0, 0.1) is 6.92 Å². The average molecular weight is 218 g/mol.